The second kappa shape index (κ2) is 5.73. The molecule has 0 aromatic heterocycles. The number of carbonyl (C=O) groups excluding carboxylic acids is 1. The lowest BCUT2D eigenvalue weighted by atomic mass is 9.69. The molecular weight excluding hydrogens is 293 g/mol. The van der Waals surface area contributed by atoms with Crippen molar-refractivity contribution in [3.8, 4) is 0 Å². The highest BCUT2D eigenvalue weighted by molar-refractivity contribution is 6.40. The second-order valence-electron chi connectivity index (χ2n) is 6.37. The molecular formula is C16H21Cl2NO. The Balaban J connectivity index is 1.73. The molecule has 1 N–H and O–H groups in total. The smallest absolute Gasteiger partial charge is 0.230 e. The molecule has 0 saturated heterocycles. The van der Waals surface area contributed by atoms with Crippen LogP contribution in [0, 0.1) is 11.3 Å². The fourth-order valence-corrected chi connectivity index (χ4v) is 4.05. The van der Waals surface area contributed by atoms with Gasteiger partial charge in [0.05, 0.1) is 10.4 Å². The molecule has 0 aliphatic heterocycles. The van der Waals surface area contributed by atoms with Gasteiger partial charge in [-0.3, -0.25) is 4.79 Å². The van der Waals surface area contributed by atoms with Gasteiger partial charge >= 0.3 is 0 Å². The first-order chi connectivity index (χ1) is 9.62. The van der Waals surface area contributed by atoms with Gasteiger partial charge in [0.2, 0.25) is 5.91 Å². The monoisotopic (exact) mass is 313 g/mol. The van der Waals surface area contributed by atoms with Crippen molar-refractivity contribution in [3.05, 3.63) is 21.8 Å². The van der Waals surface area contributed by atoms with Gasteiger partial charge in [-0.05, 0) is 50.5 Å². The number of hydrogen-bond acceptors (Lipinski definition) is 1. The van der Waals surface area contributed by atoms with E-state index in [2.05, 4.69) is 5.32 Å². The van der Waals surface area contributed by atoms with Crippen LogP contribution in [-0.4, -0.2) is 5.91 Å². The average Bonchev–Trinajstić information content (AvgIpc) is 3.28. The first-order valence-corrected chi connectivity index (χ1v) is 8.43. The quantitative estimate of drug-likeness (QED) is 0.794. The van der Waals surface area contributed by atoms with E-state index in [1.54, 1.807) is 0 Å². The molecule has 2 fully saturated rings. The van der Waals surface area contributed by atoms with E-state index in [-0.39, 0.29) is 11.3 Å². The highest BCUT2D eigenvalue weighted by Gasteiger charge is 2.50. The molecule has 0 aromatic rings. The molecule has 3 aliphatic rings. The van der Waals surface area contributed by atoms with Crippen molar-refractivity contribution in [2.45, 2.75) is 57.8 Å². The van der Waals surface area contributed by atoms with Crippen LogP contribution in [0.2, 0.25) is 0 Å². The minimum Gasteiger partial charge on any atom is -0.329 e. The molecule has 0 radical (unpaired) electrons. The van der Waals surface area contributed by atoms with Crippen LogP contribution < -0.4 is 5.32 Å². The fourth-order valence-electron chi connectivity index (χ4n) is 3.68. The lowest BCUT2D eigenvalue weighted by Crippen LogP contribution is -2.43. The van der Waals surface area contributed by atoms with Crippen LogP contribution in [-0.2, 0) is 4.79 Å². The average molecular weight is 314 g/mol. The van der Waals surface area contributed by atoms with Crippen LogP contribution in [0.5, 0.6) is 0 Å². The van der Waals surface area contributed by atoms with Gasteiger partial charge in [0.15, 0.2) is 0 Å². The maximum atomic E-state index is 12.8. The molecule has 0 heterocycles. The summed E-state index contributed by atoms with van der Waals surface area (Å²) in [7, 11) is 0. The van der Waals surface area contributed by atoms with Gasteiger partial charge < -0.3 is 5.32 Å². The zero-order valence-electron chi connectivity index (χ0n) is 11.7. The second-order valence-corrected chi connectivity index (χ2v) is 7.23. The Labute approximate surface area is 130 Å². The fraction of sp³-hybridized carbons (Fsp3) is 0.688. The van der Waals surface area contributed by atoms with Gasteiger partial charge in [-0.1, -0.05) is 42.5 Å². The minimum atomic E-state index is -0.101. The zero-order chi connectivity index (χ0) is 14.2. The number of amides is 1. The Hall–Kier alpha value is -0.470. The molecule has 0 atom stereocenters. The van der Waals surface area contributed by atoms with E-state index in [4.69, 9.17) is 23.2 Å². The topological polar surface area (TPSA) is 29.1 Å². The zero-order valence-corrected chi connectivity index (χ0v) is 13.2. The predicted molar refractivity (Wildman–Crippen MR) is 82.4 cm³/mol. The first kappa shape index (κ1) is 14.5. The van der Waals surface area contributed by atoms with Crippen LogP contribution in [0.4, 0.5) is 0 Å². The van der Waals surface area contributed by atoms with E-state index in [9.17, 15) is 4.79 Å². The van der Waals surface area contributed by atoms with Crippen LogP contribution in [0.15, 0.2) is 21.8 Å². The SMILES string of the molecule is O=C(NC1=CC(Cl)=C(Cl)CC1)C1(C2CC2)CCCCC1. The molecule has 0 unspecified atom stereocenters. The molecule has 110 valence electrons. The molecule has 20 heavy (non-hydrogen) atoms. The van der Waals surface area contributed by atoms with Gasteiger partial charge in [0, 0.05) is 10.7 Å². The number of allylic oxidation sites excluding steroid dienone is 4. The third-order valence-electron chi connectivity index (χ3n) is 5.00. The van der Waals surface area contributed by atoms with E-state index in [1.807, 2.05) is 6.08 Å². The summed E-state index contributed by atoms with van der Waals surface area (Å²) in [6.07, 6.45) is 11.5. The lowest BCUT2D eigenvalue weighted by molar-refractivity contribution is -0.133. The third kappa shape index (κ3) is 2.78. The Morgan fingerprint density at radius 1 is 1.15 bits per heavy atom. The molecule has 3 aliphatic carbocycles. The van der Waals surface area contributed by atoms with Gasteiger partial charge in [0.25, 0.3) is 0 Å². The summed E-state index contributed by atoms with van der Waals surface area (Å²) in [6.45, 7) is 0. The number of halogens is 2. The van der Waals surface area contributed by atoms with E-state index in [0.717, 1.165) is 31.4 Å². The summed E-state index contributed by atoms with van der Waals surface area (Å²) in [6, 6.07) is 0. The first-order valence-electron chi connectivity index (χ1n) is 7.68. The van der Waals surface area contributed by atoms with Crippen LogP contribution in [0.25, 0.3) is 0 Å². The molecule has 4 heteroatoms. The van der Waals surface area contributed by atoms with E-state index in [0.29, 0.717) is 16.0 Å². The summed E-state index contributed by atoms with van der Waals surface area (Å²) in [4.78, 5) is 12.8. The summed E-state index contributed by atoms with van der Waals surface area (Å²) < 4.78 is 0. The van der Waals surface area contributed by atoms with Gasteiger partial charge in [-0.25, -0.2) is 0 Å². The molecule has 1 amide bonds. The normalized spacial score (nSPS) is 26.2. The number of hydrogen-bond donors (Lipinski definition) is 1. The maximum Gasteiger partial charge on any atom is 0.230 e. The highest BCUT2D eigenvalue weighted by atomic mass is 35.5. The molecule has 2 saturated carbocycles. The number of carbonyl (C=O) groups is 1. The largest absolute Gasteiger partial charge is 0.329 e. The van der Waals surface area contributed by atoms with Crippen molar-refractivity contribution < 1.29 is 4.79 Å². The summed E-state index contributed by atoms with van der Waals surface area (Å²) in [5.74, 6) is 0.843. The lowest BCUT2D eigenvalue weighted by Gasteiger charge is -2.36. The predicted octanol–water partition coefficient (Wildman–Crippen LogP) is 4.83. The molecule has 0 spiro atoms. The van der Waals surface area contributed by atoms with Crippen LogP contribution in [0.3, 0.4) is 0 Å². The Morgan fingerprint density at radius 2 is 1.85 bits per heavy atom. The molecule has 0 bridgehead atoms. The third-order valence-corrected chi connectivity index (χ3v) is 5.83. The van der Waals surface area contributed by atoms with Gasteiger partial charge in [-0.2, -0.15) is 0 Å². The van der Waals surface area contributed by atoms with E-state index >= 15 is 0 Å². The minimum absolute atomic E-state index is 0.101. The summed E-state index contributed by atoms with van der Waals surface area (Å²) >= 11 is 12.1. The molecule has 3 rings (SSSR count). The highest BCUT2D eigenvalue weighted by Crippen LogP contribution is 2.53. The summed E-state index contributed by atoms with van der Waals surface area (Å²) in [5, 5.41) is 4.41. The van der Waals surface area contributed by atoms with Gasteiger partial charge in [0.1, 0.15) is 0 Å². The van der Waals surface area contributed by atoms with Gasteiger partial charge in [-0.15, -0.1) is 0 Å². The van der Waals surface area contributed by atoms with Crippen LogP contribution in [0.1, 0.15) is 57.8 Å². The van der Waals surface area contributed by atoms with E-state index in [1.165, 1.54) is 32.1 Å². The van der Waals surface area contributed by atoms with Crippen molar-refractivity contribution in [1.29, 1.82) is 0 Å². The van der Waals surface area contributed by atoms with Crippen molar-refractivity contribution in [2.24, 2.45) is 11.3 Å². The molecule has 0 aromatic carbocycles. The van der Waals surface area contributed by atoms with Crippen molar-refractivity contribution >= 4 is 29.1 Å². The standard InChI is InChI=1S/C16H21Cl2NO/c17-13-7-6-12(10-14(13)18)19-15(20)16(11-4-5-11)8-2-1-3-9-16/h10-11H,1-9H2,(H,19,20). The van der Waals surface area contributed by atoms with Crippen molar-refractivity contribution in [2.75, 3.05) is 0 Å². The Kier molecular flexibility index (Phi) is 4.14. The maximum absolute atomic E-state index is 12.8. The Morgan fingerprint density at radius 3 is 2.45 bits per heavy atom. The Bertz CT molecular complexity index is 471. The molecule has 2 nitrogen and oxygen atoms in total. The van der Waals surface area contributed by atoms with Crippen molar-refractivity contribution in [3.63, 3.8) is 0 Å². The van der Waals surface area contributed by atoms with E-state index < -0.39 is 0 Å². The van der Waals surface area contributed by atoms with Crippen LogP contribution >= 0.6 is 23.2 Å². The number of rotatable bonds is 3. The number of nitrogens with one attached hydrogen (secondary N) is 1. The van der Waals surface area contributed by atoms with Crippen molar-refractivity contribution in [1.82, 2.24) is 5.32 Å². The summed E-state index contributed by atoms with van der Waals surface area (Å²) in [5.41, 5.74) is 0.825.